The number of aromatic nitrogens is 3. The summed E-state index contributed by atoms with van der Waals surface area (Å²) in [6, 6.07) is 6.46. The number of carbonyl (C=O) groups excluding carboxylic acids is 1. The third-order valence-corrected chi connectivity index (χ3v) is 5.91. The average molecular weight is 364 g/mol. The van der Waals surface area contributed by atoms with Crippen LogP contribution in [0.2, 0.25) is 0 Å². The van der Waals surface area contributed by atoms with Crippen molar-refractivity contribution in [1.82, 2.24) is 19.7 Å². The van der Waals surface area contributed by atoms with Gasteiger partial charge in [-0.05, 0) is 48.9 Å². The van der Waals surface area contributed by atoms with E-state index < -0.39 is 0 Å². The van der Waals surface area contributed by atoms with Gasteiger partial charge in [0, 0.05) is 40.9 Å². The summed E-state index contributed by atoms with van der Waals surface area (Å²) < 4.78 is 1.95. The molecule has 3 heterocycles. The number of carbonyl (C=O) groups is 1. The van der Waals surface area contributed by atoms with Crippen LogP contribution in [0.1, 0.15) is 35.4 Å². The molecule has 1 aliphatic rings. The number of aryl methyl sites for hydroxylation is 2. The molecule has 0 saturated heterocycles. The number of nitrogens with zero attached hydrogens (tertiary/aromatic N) is 2. The first kappa shape index (κ1) is 15.6. The highest BCUT2D eigenvalue weighted by Gasteiger charge is 2.15. The van der Waals surface area contributed by atoms with Gasteiger partial charge in [-0.25, -0.2) is 4.98 Å². The van der Waals surface area contributed by atoms with E-state index in [9.17, 15) is 4.79 Å². The molecule has 0 bridgehead atoms. The summed E-state index contributed by atoms with van der Waals surface area (Å²) in [7, 11) is 0. The van der Waals surface area contributed by atoms with Crippen LogP contribution in [0.3, 0.4) is 0 Å². The van der Waals surface area contributed by atoms with E-state index in [-0.39, 0.29) is 5.91 Å². The fraction of sp³-hybridized carbons (Fsp3) is 0.300. The average Bonchev–Trinajstić information content (AvgIpc) is 3.32. The van der Waals surface area contributed by atoms with Crippen molar-refractivity contribution in [1.29, 1.82) is 0 Å². The Bertz CT molecular complexity index is 1080. The van der Waals surface area contributed by atoms with Crippen LogP contribution in [0.25, 0.3) is 15.9 Å². The lowest BCUT2D eigenvalue weighted by molar-refractivity contribution is -0.120. The van der Waals surface area contributed by atoms with E-state index in [1.165, 1.54) is 35.0 Å². The number of hydrogen-bond acceptors (Lipinski definition) is 3. The van der Waals surface area contributed by atoms with Crippen molar-refractivity contribution in [3.63, 3.8) is 0 Å². The van der Waals surface area contributed by atoms with E-state index in [0.29, 0.717) is 13.0 Å². The van der Waals surface area contributed by atoms with Gasteiger partial charge in [0.25, 0.3) is 0 Å². The van der Waals surface area contributed by atoms with Crippen molar-refractivity contribution in [2.75, 3.05) is 0 Å². The molecule has 26 heavy (non-hydrogen) atoms. The highest BCUT2D eigenvalue weighted by atomic mass is 32.1. The minimum absolute atomic E-state index is 0.00643. The van der Waals surface area contributed by atoms with Crippen LogP contribution in [0.5, 0.6) is 0 Å². The highest BCUT2D eigenvalue weighted by molar-refractivity contribution is 7.15. The Labute approximate surface area is 155 Å². The molecular weight excluding hydrogens is 344 g/mol. The molecule has 5 nitrogen and oxygen atoms in total. The van der Waals surface area contributed by atoms with E-state index in [0.717, 1.165) is 29.1 Å². The van der Waals surface area contributed by atoms with Crippen molar-refractivity contribution in [2.45, 2.75) is 38.6 Å². The Balaban J connectivity index is 1.28. The molecule has 0 atom stereocenters. The summed E-state index contributed by atoms with van der Waals surface area (Å²) in [5, 5.41) is 6.33. The lowest BCUT2D eigenvalue weighted by atomic mass is 9.95. The van der Waals surface area contributed by atoms with E-state index in [4.69, 9.17) is 0 Å². The Kier molecular flexibility index (Phi) is 3.78. The fourth-order valence-electron chi connectivity index (χ4n) is 3.85. The van der Waals surface area contributed by atoms with Crippen molar-refractivity contribution in [2.24, 2.45) is 0 Å². The van der Waals surface area contributed by atoms with Crippen LogP contribution < -0.4 is 5.32 Å². The second kappa shape index (κ2) is 6.29. The highest BCUT2D eigenvalue weighted by Crippen LogP contribution is 2.29. The third-order valence-electron chi connectivity index (χ3n) is 5.14. The molecule has 0 fully saturated rings. The molecule has 5 rings (SSSR count). The molecule has 132 valence electrons. The van der Waals surface area contributed by atoms with Gasteiger partial charge in [-0.1, -0.05) is 6.07 Å². The maximum Gasteiger partial charge on any atom is 0.226 e. The summed E-state index contributed by atoms with van der Waals surface area (Å²) >= 11 is 1.58. The summed E-state index contributed by atoms with van der Waals surface area (Å²) in [5.41, 5.74) is 6.03. The molecule has 0 saturated carbocycles. The van der Waals surface area contributed by atoms with Crippen LogP contribution in [-0.4, -0.2) is 20.3 Å². The van der Waals surface area contributed by atoms with E-state index >= 15 is 0 Å². The minimum Gasteiger partial charge on any atom is -0.358 e. The molecule has 0 radical (unpaired) electrons. The van der Waals surface area contributed by atoms with Gasteiger partial charge < -0.3 is 10.3 Å². The quantitative estimate of drug-likeness (QED) is 0.581. The minimum atomic E-state index is 0.00643. The number of fused-ring (bicyclic) bond motifs is 4. The zero-order valence-corrected chi connectivity index (χ0v) is 15.2. The van der Waals surface area contributed by atoms with Gasteiger partial charge in [0.05, 0.1) is 12.1 Å². The Hall–Kier alpha value is -2.60. The topological polar surface area (TPSA) is 62.2 Å². The first-order valence-electron chi connectivity index (χ1n) is 9.06. The molecule has 0 aliphatic heterocycles. The Morgan fingerprint density at radius 3 is 3.15 bits per heavy atom. The Morgan fingerprint density at radius 1 is 1.31 bits per heavy atom. The molecule has 1 amide bonds. The zero-order chi connectivity index (χ0) is 17.5. The van der Waals surface area contributed by atoms with Gasteiger partial charge >= 0.3 is 0 Å². The van der Waals surface area contributed by atoms with Gasteiger partial charge in [0.1, 0.15) is 0 Å². The molecule has 2 N–H and O–H groups in total. The molecule has 0 unspecified atom stereocenters. The second-order valence-electron chi connectivity index (χ2n) is 6.95. The van der Waals surface area contributed by atoms with E-state index in [2.05, 4.69) is 33.5 Å². The van der Waals surface area contributed by atoms with Gasteiger partial charge in [-0.15, -0.1) is 11.3 Å². The lowest BCUT2D eigenvalue weighted by Crippen LogP contribution is -2.24. The maximum atomic E-state index is 12.3. The second-order valence-corrected chi connectivity index (χ2v) is 7.82. The number of nitrogens with one attached hydrogen (secondary N) is 2. The first-order valence-corrected chi connectivity index (χ1v) is 9.94. The van der Waals surface area contributed by atoms with Crippen molar-refractivity contribution >= 4 is 33.1 Å². The normalized spacial score (nSPS) is 14.0. The summed E-state index contributed by atoms with van der Waals surface area (Å²) in [6.45, 7) is 0.553. The predicted octanol–water partition coefficient (Wildman–Crippen LogP) is 3.61. The Morgan fingerprint density at radius 2 is 2.23 bits per heavy atom. The maximum absolute atomic E-state index is 12.3. The van der Waals surface area contributed by atoms with Crippen LogP contribution in [0.15, 0.2) is 36.0 Å². The lowest BCUT2D eigenvalue weighted by Gasteiger charge is -2.10. The van der Waals surface area contributed by atoms with Crippen molar-refractivity contribution in [3.8, 4) is 0 Å². The molecular formula is C20H20N4OS. The van der Waals surface area contributed by atoms with Crippen LogP contribution in [0.4, 0.5) is 0 Å². The summed E-state index contributed by atoms with van der Waals surface area (Å²) in [4.78, 5) is 21.2. The molecule has 6 heteroatoms. The number of H-pyrrole nitrogens is 1. The van der Waals surface area contributed by atoms with Gasteiger partial charge in [0.15, 0.2) is 4.96 Å². The summed E-state index contributed by atoms with van der Waals surface area (Å²) in [5.74, 6) is 0.00643. The number of amides is 1. The van der Waals surface area contributed by atoms with E-state index in [1.54, 1.807) is 11.3 Å². The molecule has 4 aromatic rings. The predicted molar refractivity (Wildman–Crippen MR) is 104 cm³/mol. The zero-order valence-electron chi connectivity index (χ0n) is 14.4. The number of hydrogen-bond donors (Lipinski definition) is 2. The number of aromatic amines is 1. The van der Waals surface area contributed by atoms with Crippen LogP contribution in [0, 0.1) is 0 Å². The largest absolute Gasteiger partial charge is 0.358 e. The standard InChI is InChI=1S/C20H20N4OS/c25-19(10-14-12-24-7-8-26-20(24)22-14)21-11-13-5-6-18-16(9-13)15-3-1-2-4-17(15)23-18/h5-9,12,23H,1-4,10-11H2,(H,21,25). The fourth-order valence-corrected chi connectivity index (χ4v) is 4.57. The smallest absolute Gasteiger partial charge is 0.226 e. The summed E-state index contributed by atoms with van der Waals surface area (Å²) in [6.07, 6.45) is 9.04. The number of imidazole rings is 1. The first-order chi connectivity index (χ1) is 12.8. The SMILES string of the molecule is O=C(Cc1cn2ccsc2n1)NCc1ccc2[nH]c3c(c2c1)CCCC3. The third kappa shape index (κ3) is 2.80. The molecule has 1 aliphatic carbocycles. The van der Waals surface area contributed by atoms with Crippen molar-refractivity contribution in [3.05, 3.63) is 58.5 Å². The van der Waals surface area contributed by atoms with E-state index in [1.807, 2.05) is 22.2 Å². The molecule has 1 aromatic carbocycles. The van der Waals surface area contributed by atoms with Gasteiger partial charge in [0.2, 0.25) is 5.91 Å². The number of benzene rings is 1. The van der Waals surface area contributed by atoms with Gasteiger partial charge in [-0.3, -0.25) is 9.20 Å². The van der Waals surface area contributed by atoms with Crippen LogP contribution in [-0.2, 0) is 30.6 Å². The van der Waals surface area contributed by atoms with Crippen LogP contribution >= 0.6 is 11.3 Å². The van der Waals surface area contributed by atoms with Crippen molar-refractivity contribution < 1.29 is 4.79 Å². The number of rotatable bonds is 4. The van der Waals surface area contributed by atoms with Gasteiger partial charge in [-0.2, -0.15) is 0 Å². The number of thiazole rings is 1. The monoisotopic (exact) mass is 364 g/mol. The molecule has 3 aromatic heterocycles. The molecule has 0 spiro atoms.